The van der Waals surface area contributed by atoms with Gasteiger partial charge in [0.2, 0.25) is 0 Å². The van der Waals surface area contributed by atoms with Gasteiger partial charge in [-0.25, -0.2) is 9.97 Å². The molecule has 1 aliphatic heterocycles. The minimum Gasteiger partial charge on any atom is -0.233 e. The number of nitrogens with zero attached hydrogens (tertiary/aromatic N) is 2. The lowest BCUT2D eigenvalue weighted by molar-refractivity contribution is 0.688. The van der Waals surface area contributed by atoms with Crippen molar-refractivity contribution in [3.63, 3.8) is 0 Å². The summed E-state index contributed by atoms with van der Waals surface area (Å²) in [5.74, 6) is 0.744. The highest BCUT2D eigenvalue weighted by atomic mass is 35.5. The quantitative estimate of drug-likeness (QED) is 0.588. The van der Waals surface area contributed by atoms with Crippen molar-refractivity contribution in [1.82, 2.24) is 9.97 Å². The van der Waals surface area contributed by atoms with Gasteiger partial charge in [-0.1, -0.05) is 48.7 Å². The number of fused-ring (bicyclic) bond motifs is 3. The lowest BCUT2D eigenvalue weighted by atomic mass is 9.54. The Morgan fingerprint density at radius 3 is 2.79 bits per heavy atom. The van der Waals surface area contributed by atoms with Crippen molar-refractivity contribution in [2.45, 2.75) is 45.9 Å². The van der Waals surface area contributed by atoms with Gasteiger partial charge in [0.15, 0.2) is 7.28 Å². The first kappa shape index (κ1) is 12.9. The molecule has 2 aromatic rings. The molecule has 0 fully saturated rings. The molecule has 0 bridgehead atoms. The molecule has 19 heavy (non-hydrogen) atoms. The van der Waals surface area contributed by atoms with E-state index in [1.807, 2.05) is 6.92 Å². The number of halogens is 1. The molecule has 0 spiro atoms. The van der Waals surface area contributed by atoms with Crippen LogP contribution >= 0.6 is 11.6 Å². The van der Waals surface area contributed by atoms with Crippen LogP contribution in [-0.4, -0.2) is 17.2 Å². The standard InChI is InChI=1S/C15H17BClN2/c1-5-9-6-10-13(18-8(2)19-14(10)17)11-7-15(3,4)16-12(9)11/h6H,5,7H2,1-4H3. The van der Waals surface area contributed by atoms with Gasteiger partial charge in [0.05, 0.1) is 5.52 Å². The second kappa shape index (κ2) is 4.21. The third-order valence-electron chi connectivity index (χ3n) is 3.83. The molecule has 1 aromatic heterocycles. The molecule has 1 radical (unpaired) electrons. The Morgan fingerprint density at radius 1 is 1.37 bits per heavy atom. The predicted octanol–water partition coefficient (Wildman–Crippen LogP) is 3.24. The molecular weight excluding hydrogens is 254 g/mol. The molecule has 2 heterocycles. The molecule has 1 aromatic carbocycles. The summed E-state index contributed by atoms with van der Waals surface area (Å²) in [5, 5.41) is 1.77. The molecule has 3 rings (SSSR count). The Kier molecular flexibility index (Phi) is 2.86. The number of rotatable bonds is 1. The zero-order chi connectivity index (χ0) is 13.8. The molecule has 0 aliphatic carbocycles. The van der Waals surface area contributed by atoms with Crippen molar-refractivity contribution in [2.24, 2.45) is 0 Å². The normalized spacial score (nSPS) is 16.5. The fourth-order valence-electron chi connectivity index (χ4n) is 3.03. The maximum Gasteiger partial charge on any atom is 0.159 e. The van der Waals surface area contributed by atoms with Gasteiger partial charge in [0.25, 0.3) is 0 Å². The van der Waals surface area contributed by atoms with Gasteiger partial charge in [-0.2, -0.15) is 0 Å². The van der Waals surface area contributed by atoms with Gasteiger partial charge in [-0.05, 0) is 31.4 Å². The fourth-order valence-corrected chi connectivity index (χ4v) is 3.29. The van der Waals surface area contributed by atoms with E-state index in [1.165, 1.54) is 16.6 Å². The first-order valence-corrected chi connectivity index (χ1v) is 7.13. The second-order valence-electron chi connectivity index (χ2n) is 6.05. The zero-order valence-corrected chi connectivity index (χ0v) is 12.6. The van der Waals surface area contributed by atoms with Crippen LogP contribution in [0, 0.1) is 6.92 Å². The van der Waals surface area contributed by atoms with Crippen LogP contribution in [0.3, 0.4) is 0 Å². The Balaban J connectivity index is 2.39. The Morgan fingerprint density at radius 2 is 2.11 bits per heavy atom. The molecule has 2 nitrogen and oxygen atoms in total. The van der Waals surface area contributed by atoms with E-state index in [9.17, 15) is 0 Å². The lowest BCUT2D eigenvalue weighted by Gasteiger charge is -2.14. The van der Waals surface area contributed by atoms with Crippen molar-refractivity contribution >= 4 is 35.2 Å². The smallest absolute Gasteiger partial charge is 0.159 e. The van der Waals surface area contributed by atoms with E-state index in [0.29, 0.717) is 5.15 Å². The third-order valence-corrected chi connectivity index (χ3v) is 4.12. The second-order valence-corrected chi connectivity index (χ2v) is 6.41. The van der Waals surface area contributed by atoms with Crippen LogP contribution < -0.4 is 5.46 Å². The van der Waals surface area contributed by atoms with Crippen molar-refractivity contribution < 1.29 is 0 Å². The number of aromatic nitrogens is 2. The number of aryl methyl sites for hydroxylation is 2. The molecule has 1 aliphatic rings. The van der Waals surface area contributed by atoms with Gasteiger partial charge in [-0.3, -0.25) is 0 Å². The van der Waals surface area contributed by atoms with Gasteiger partial charge >= 0.3 is 0 Å². The molecule has 0 atom stereocenters. The minimum atomic E-state index is 0.200. The van der Waals surface area contributed by atoms with Crippen LogP contribution in [0.2, 0.25) is 10.5 Å². The fraction of sp³-hybridized carbons (Fsp3) is 0.467. The predicted molar refractivity (Wildman–Crippen MR) is 81.8 cm³/mol. The van der Waals surface area contributed by atoms with Crippen LogP contribution in [0.5, 0.6) is 0 Å². The van der Waals surface area contributed by atoms with E-state index >= 15 is 0 Å². The Bertz CT molecular complexity index is 680. The highest BCUT2D eigenvalue weighted by Crippen LogP contribution is 2.37. The summed E-state index contributed by atoms with van der Waals surface area (Å²) in [6, 6.07) is 2.16. The SMILES string of the molecule is CCc1cc2c(Cl)nc(C)nc2c2c1[B]C(C)(C)C2. The summed E-state index contributed by atoms with van der Waals surface area (Å²) < 4.78 is 0. The van der Waals surface area contributed by atoms with Crippen molar-refractivity contribution in [3.8, 4) is 0 Å². The molecule has 4 heteroatoms. The van der Waals surface area contributed by atoms with E-state index in [1.54, 1.807) is 0 Å². The molecule has 0 saturated carbocycles. The summed E-state index contributed by atoms with van der Waals surface area (Å²) >= 11 is 6.30. The van der Waals surface area contributed by atoms with Gasteiger partial charge < -0.3 is 0 Å². The first-order valence-electron chi connectivity index (χ1n) is 6.76. The monoisotopic (exact) mass is 271 g/mol. The van der Waals surface area contributed by atoms with E-state index in [2.05, 4.69) is 44.1 Å². The van der Waals surface area contributed by atoms with Crippen molar-refractivity contribution in [2.75, 3.05) is 0 Å². The lowest BCUT2D eigenvalue weighted by Crippen LogP contribution is -2.22. The van der Waals surface area contributed by atoms with Gasteiger partial charge in [0, 0.05) is 5.39 Å². The Labute approximate surface area is 119 Å². The average Bonchev–Trinajstić information content (AvgIpc) is 2.64. The maximum atomic E-state index is 6.30. The molecule has 97 valence electrons. The van der Waals surface area contributed by atoms with Crippen LogP contribution in [0.15, 0.2) is 6.07 Å². The Hall–Kier alpha value is -1.09. The highest BCUT2D eigenvalue weighted by molar-refractivity contribution is 6.60. The van der Waals surface area contributed by atoms with Gasteiger partial charge in [-0.15, -0.1) is 0 Å². The van der Waals surface area contributed by atoms with Crippen molar-refractivity contribution in [3.05, 3.63) is 28.2 Å². The third kappa shape index (κ3) is 2.04. The largest absolute Gasteiger partial charge is 0.233 e. The van der Waals surface area contributed by atoms with Crippen LogP contribution in [0.1, 0.15) is 37.7 Å². The molecule has 0 N–H and O–H groups in total. The summed E-state index contributed by atoms with van der Waals surface area (Å²) in [7, 11) is 2.38. The molecular formula is C15H17BClN2. The van der Waals surface area contributed by atoms with E-state index in [-0.39, 0.29) is 5.31 Å². The van der Waals surface area contributed by atoms with E-state index in [4.69, 9.17) is 11.6 Å². The minimum absolute atomic E-state index is 0.200. The van der Waals surface area contributed by atoms with E-state index < -0.39 is 0 Å². The van der Waals surface area contributed by atoms with Crippen LogP contribution in [0.4, 0.5) is 0 Å². The molecule has 0 amide bonds. The number of hydrogen-bond donors (Lipinski definition) is 0. The highest BCUT2D eigenvalue weighted by Gasteiger charge is 2.33. The summed E-state index contributed by atoms with van der Waals surface area (Å²) in [6.45, 7) is 8.63. The summed E-state index contributed by atoms with van der Waals surface area (Å²) in [5.41, 5.74) is 5.09. The summed E-state index contributed by atoms with van der Waals surface area (Å²) in [6.07, 6.45) is 2.04. The zero-order valence-electron chi connectivity index (χ0n) is 11.8. The molecule has 0 unspecified atom stereocenters. The van der Waals surface area contributed by atoms with Gasteiger partial charge in [0.1, 0.15) is 11.0 Å². The van der Waals surface area contributed by atoms with Crippen LogP contribution in [0.25, 0.3) is 10.9 Å². The van der Waals surface area contributed by atoms with Crippen molar-refractivity contribution in [1.29, 1.82) is 0 Å². The van der Waals surface area contributed by atoms with Crippen LogP contribution in [-0.2, 0) is 12.8 Å². The number of hydrogen-bond acceptors (Lipinski definition) is 2. The van der Waals surface area contributed by atoms with E-state index in [0.717, 1.165) is 29.6 Å². The average molecular weight is 272 g/mol. The first-order chi connectivity index (χ1) is 8.91. The molecule has 0 saturated heterocycles. The summed E-state index contributed by atoms with van der Waals surface area (Å²) in [4.78, 5) is 8.92. The number of benzene rings is 1. The maximum absolute atomic E-state index is 6.30. The topological polar surface area (TPSA) is 25.8 Å².